The van der Waals surface area contributed by atoms with Gasteiger partial charge >= 0.3 is 6.09 Å². The maximum Gasteiger partial charge on any atom is 0.410 e. The van der Waals surface area contributed by atoms with Gasteiger partial charge in [0.25, 0.3) is 0 Å². The zero-order valence-electron chi connectivity index (χ0n) is 13.2. The number of likely N-dealkylation sites (tertiary alicyclic amines) is 1. The number of aromatic nitrogens is 2. The summed E-state index contributed by atoms with van der Waals surface area (Å²) in [4.78, 5) is 21.7. The molecule has 1 unspecified atom stereocenters. The molecule has 1 aliphatic heterocycles. The molecule has 1 atom stereocenters. The molecule has 2 heterocycles. The van der Waals surface area contributed by atoms with Crippen LogP contribution in [0.1, 0.15) is 33.6 Å². The van der Waals surface area contributed by atoms with Crippen molar-refractivity contribution < 1.29 is 14.3 Å². The van der Waals surface area contributed by atoms with Crippen LogP contribution in [0.25, 0.3) is 0 Å². The van der Waals surface area contributed by atoms with Gasteiger partial charge in [0.05, 0.1) is 24.6 Å². The number of halogens is 1. The number of rotatable bonds is 4. The number of carbonyl (C=O) groups is 1. The smallest absolute Gasteiger partial charge is 0.410 e. The Morgan fingerprint density at radius 1 is 1.27 bits per heavy atom. The Kier molecular flexibility index (Phi) is 5.99. The first-order chi connectivity index (χ1) is 10.5. The summed E-state index contributed by atoms with van der Waals surface area (Å²) in [7, 11) is 0. The van der Waals surface area contributed by atoms with Crippen LogP contribution < -0.4 is 4.74 Å². The van der Waals surface area contributed by atoms with E-state index in [1.54, 1.807) is 17.3 Å². The molecule has 1 fully saturated rings. The summed E-state index contributed by atoms with van der Waals surface area (Å²) in [5.41, 5.74) is 0. The van der Waals surface area contributed by atoms with Crippen LogP contribution in [0, 0.1) is 5.92 Å². The van der Waals surface area contributed by atoms with Gasteiger partial charge in [-0.25, -0.2) is 14.8 Å². The molecule has 1 aromatic heterocycles. The van der Waals surface area contributed by atoms with Crippen LogP contribution in [0.15, 0.2) is 17.1 Å². The molecular weight excluding hydrogens is 350 g/mol. The predicted molar refractivity (Wildman–Crippen MR) is 85.7 cm³/mol. The fraction of sp³-hybridized carbons (Fsp3) is 0.667. The zero-order chi connectivity index (χ0) is 16.1. The molecule has 0 bridgehead atoms. The molecular formula is C15H22BrN3O3. The molecule has 0 N–H and O–H groups in total. The number of ether oxygens (including phenoxy) is 2. The minimum absolute atomic E-state index is 0.0630. The van der Waals surface area contributed by atoms with Crippen molar-refractivity contribution in [2.45, 2.75) is 45.8 Å². The average molecular weight is 372 g/mol. The van der Waals surface area contributed by atoms with Crippen LogP contribution in [0.5, 0.6) is 5.75 Å². The lowest BCUT2D eigenvalue weighted by Crippen LogP contribution is -2.42. The van der Waals surface area contributed by atoms with Crippen molar-refractivity contribution in [3.8, 4) is 5.75 Å². The number of carbonyl (C=O) groups excluding carboxylic acids is 1. The normalized spacial score (nSPS) is 17.4. The van der Waals surface area contributed by atoms with E-state index in [1.807, 2.05) is 13.8 Å². The summed E-state index contributed by atoms with van der Waals surface area (Å²) in [5, 5.41) is 0. The third-order valence-electron chi connectivity index (χ3n) is 3.72. The Morgan fingerprint density at radius 2 is 1.86 bits per heavy atom. The maximum atomic E-state index is 11.9. The van der Waals surface area contributed by atoms with Gasteiger partial charge in [0.1, 0.15) is 0 Å². The topological polar surface area (TPSA) is 64.5 Å². The Morgan fingerprint density at radius 3 is 2.41 bits per heavy atom. The quantitative estimate of drug-likeness (QED) is 0.759. The Bertz CT molecular complexity index is 487. The zero-order valence-corrected chi connectivity index (χ0v) is 14.7. The Labute approximate surface area is 139 Å². The van der Waals surface area contributed by atoms with Gasteiger partial charge in [-0.1, -0.05) is 0 Å². The highest BCUT2D eigenvalue weighted by Gasteiger charge is 2.28. The van der Waals surface area contributed by atoms with E-state index in [1.165, 1.54) is 0 Å². The van der Waals surface area contributed by atoms with Crippen molar-refractivity contribution in [1.29, 1.82) is 0 Å². The third kappa shape index (κ3) is 4.83. The van der Waals surface area contributed by atoms with Crippen LogP contribution in [0.3, 0.4) is 0 Å². The van der Waals surface area contributed by atoms with Gasteiger partial charge in [-0.05, 0) is 55.5 Å². The van der Waals surface area contributed by atoms with E-state index < -0.39 is 0 Å². The highest BCUT2D eigenvalue weighted by atomic mass is 79.9. The fourth-order valence-corrected chi connectivity index (χ4v) is 2.70. The Balaban J connectivity index is 1.80. The SMILES string of the molecule is CC(C)OC(=O)N1CCC(C(C)Oc2cnc(Br)nc2)CC1. The molecule has 1 aromatic rings. The van der Waals surface area contributed by atoms with E-state index >= 15 is 0 Å². The molecule has 122 valence electrons. The van der Waals surface area contributed by atoms with Crippen molar-refractivity contribution in [2.24, 2.45) is 5.92 Å². The molecule has 1 saturated heterocycles. The van der Waals surface area contributed by atoms with Gasteiger partial charge in [0.2, 0.25) is 0 Å². The maximum absolute atomic E-state index is 11.9. The van der Waals surface area contributed by atoms with E-state index in [2.05, 4.69) is 32.8 Å². The summed E-state index contributed by atoms with van der Waals surface area (Å²) < 4.78 is 11.7. The minimum atomic E-state index is -0.219. The third-order valence-corrected chi connectivity index (χ3v) is 4.13. The highest BCUT2D eigenvalue weighted by Crippen LogP contribution is 2.24. The first-order valence-electron chi connectivity index (χ1n) is 7.55. The van der Waals surface area contributed by atoms with Gasteiger partial charge in [-0.2, -0.15) is 0 Å². The molecule has 1 amide bonds. The molecule has 0 aromatic carbocycles. The lowest BCUT2D eigenvalue weighted by molar-refractivity contribution is 0.0494. The van der Waals surface area contributed by atoms with Crippen molar-refractivity contribution in [2.75, 3.05) is 13.1 Å². The minimum Gasteiger partial charge on any atom is -0.487 e. The number of hydrogen-bond acceptors (Lipinski definition) is 5. The number of amides is 1. The summed E-state index contributed by atoms with van der Waals surface area (Å²) in [6.07, 6.45) is 4.89. The summed E-state index contributed by atoms with van der Waals surface area (Å²) in [6.45, 7) is 7.19. The molecule has 6 nitrogen and oxygen atoms in total. The van der Waals surface area contributed by atoms with Crippen LogP contribution in [0.2, 0.25) is 0 Å². The summed E-state index contributed by atoms with van der Waals surface area (Å²) in [5.74, 6) is 1.07. The summed E-state index contributed by atoms with van der Waals surface area (Å²) >= 11 is 3.20. The average Bonchev–Trinajstić information content (AvgIpc) is 2.49. The van der Waals surface area contributed by atoms with Gasteiger partial charge in [0, 0.05) is 13.1 Å². The number of nitrogens with zero attached hydrogens (tertiary/aromatic N) is 3. The number of piperidine rings is 1. The molecule has 0 saturated carbocycles. The van der Waals surface area contributed by atoms with Gasteiger partial charge in [-0.15, -0.1) is 0 Å². The largest absolute Gasteiger partial charge is 0.487 e. The van der Waals surface area contributed by atoms with Crippen molar-refractivity contribution in [1.82, 2.24) is 14.9 Å². The monoisotopic (exact) mass is 371 g/mol. The second kappa shape index (κ2) is 7.76. The highest BCUT2D eigenvalue weighted by molar-refractivity contribution is 9.10. The van der Waals surface area contributed by atoms with E-state index in [4.69, 9.17) is 9.47 Å². The van der Waals surface area contributed by atoms with Crippen LogP contribution in [0.4, 0.5) is 4.79 Å². The first-order valence-corrected chi connectivity index (χ1v) is 8.34. The second-order valence-corrected chi connectivity index (χ2v) is 6.48. The lowest BCUT2D eigenvalue weighted by Gasteiger charge is -2.34. The van der Waals surface area contributed by atoms with E-state index in [0.29, 0.717) is 29.5 Å². The fourth-order valence-electron chi connectivity index (χ4n) is 2.50. The van der Waals surface area contributed by atoms with Crippen LogP contribution >= 0.6 is 15.9 Å². The standard InChI is InChI=1S/C15H22BrN3O3/c1-10(2)21-15(20)19-6-4-12(5-7-19)11(3)22-13-8-17-14(16)18-9-13/h8-12H,4-7H2,1-3H3. The molecule has 2 rings (SSSR count). The van der Waals surface area contributed by atoms with Crippen LogP contribution in [-0.4, -0.2) is 46.3 Å². The summed E-state index contributed by atoms with van der Waals surface area (Å²) in [6, 6.07) is 0. The van der Waals surface area contributed by atoms with E-state index in [9.17, 15) is 4.79 Å². The van der Waals surface area contributed by atoms with Gasteiger partial charge < -0.3 is 14.4 Å². The van der Waals surface area contributed by atoms with Gasteiger partial charge in [0.15, 0.2) is 10.5 Å². The molecule has 0 radical (unpaired) electrons. The Hall–Kier alpha value is -1.37. The van der Waals surface area contributed by atoms with E-state index in [-0.39, 0.29) is 18.3 Å². The predicted octanol–water partition coefficient (Wildman–Crippen LogP) is 3.26. The first kappa shape index (κ1) is 17.0. The second-order valence-electron chi connectivity index (χ2n) is 5.77. The number of hydrogen-bond donors (Lipinski definition) is 0. The van der Waals surface area contributed by atoms with Gasteiger partial charge in [-0.3, -0.25) is 0 Å². The van der Waals surface area contributed by atoms with Crippen LogP contribution in [-0.2, 0) is 4.74 Å². The molecule has 0 spiro atoms. The van der Waals surface area contributed by atoms with Crippen molar-refractivity contribution >= 4 is 22.0 Å². The van der Waals surface area contributed by atoms with Crippen molar-refractivity contribution in [3.05, 3.63) is 17.1 Å². The molecule has 1 aliphatic rings. The lowest BCUT2D eigenvalue weighted by atomic mass is 9.92. The molecule has 7 heteroatoms. The molecule has 22 heavy (non-hydrogen) atoms. The molecule has 0 aliphatic carbocycles. The van der Waals surface area contributed by atoms with E-state index in [0.717, 1.165) is 12.8 Å². The van der Waals surface area contributed by atoms with Crippen molar-refractivity contribution in [3.63, 3.8) is 0 Å².